The molecule has 4 N–H and O–H groups in total. The van der Waals surface area contributed by atoms with Crippen LogP contribution < -0.4 is 16.0 Å². The van der Waals surface area contributed by atoms with Crippen molar-refractivity contribution in [2.75, 3.05) is 36.4 Å². The van der Waals surface area contributed by atoms with Crippen molar-refractivity contribution in [2.45, 2.75) is 26.4 Å². The molecule has 3 rings (SSSR count). The normalized spacial score (nSPS) is 14.7. The lowest BCUT2D eigenvalue weighted by Crippen LogP contribution is -2.50. The second kappa shape index (κ2) is 10.4. The summed E-state index contributed by atoms with van der Waals surface area (Å²) < 4.78 is 5.45. The van der Waals surface area contributed by atoms with E-state index in [2.05, 4.69) is 32.0 Å². The van der Waals surface area contributed by atoms with Crippen molar-refractivity contribution >= 4 is 40.0 Å². The van der Waals surface area contributed by atoms with E-state index in [0.29, 0.717) is 36.8 Å². The van der Waals surface area contributed by atoms with Gasteiger partial charge < -0.3 is 25.6 Å². The Kier molecular flexibility index (Phi) is 7.64. The third-order valence-corrected chi connectivity index (χ3v) is 5.62. The lowest BCUT2D eigenvalue weighted by Gasteiger charge is -2.37. The van der Waals surface area contributed by atoms with Crippen LogP contribution in [0.3, 0.4) is 0 Å². The van der Waals surface area contributed by atoms with Gasteiger partial charge in [0.05, 0.1) is 23.8 Å². The van der Waals surface area contributed by atoms with E-state index in [1.807, 2.05) is 26.8 Å². The summed E-state index contributed by atoms with van der Waals surface area (Å²) in [5, 5.41) is 11.0. The molecule has 0 atom stereocenters. The first kappa shape index (κ1) is 24.2. The number of piperazine rings is 1. The topological polar surface area (TPSA) is 129 Å². The van der Waals surface area contributed by atoms with Crippen LogP contribution in [0.15, 0.2) is 48.5 Å². The standard InChI is InChI=1S/C22H29N7O3S/c1-15(16-11-25-26-12-16)33-14-17(23)20(30)27-18-13-24-6-5-19(18)28-7-9-29(10-8-28)21(31)32-22(2,3)4/h5-6,11-14H,1,7-10,23H2,2-4H3,(H,25,26)(H,27,30)/b17-14-. The summed E-state index contributed by atoms with van der Waals surface area (Å²) in [6.07, 6.45) is 6.28. The highest BCUT2D eigenvalue weighted by Crippen LogP contribution is 2.28. The third kappa shape index (κ3) is 6.75. The van der Waals surface area contributed by atoms with Crippen LogP contribution in [-0.2, 0) is 9.53 Å². The summed E-state index contributed by atoms with van der Waals surface area (Å²) in [6.45, 7) is 11.7. The van der Waals surface area contributed by atoms with Crippen molar-refractivity contribution in [3.05, 3.63) is 54.1 Å². The summed E-state index contributed by atoms with van der Waals surface area (Å²) >= 11 is 1.24. The molecule has 0 aromatic carbocycles. The molecule has 1 aliphatic rings. The smallest absolute Gasteiger partial charge is 0.410 e. The molecule has 2 aromatic rings. The van der Waals surface area contributed by atoms with Crippen LogP contribution in [0.5, 0.6) is 0 Å². The van der Waals surface area contributed by atoms with E-state index >= 15 is 0 Å². The number of H-pyrrole nitrogens is 1. The minimum Gasteiger partial charge on any atom is -0.444 e. The van der Waals surface area contributed by atoms with Crippen LogP contribution in [-0.4, -0.2) is 63.9 Å². The molecule has 3 heterocycles. The van der Waals surface area contributed by atoms with Crippen molar-refractivity contribution in [1.82, 2.24) is 20.1 Å². The van der Waals surface area contributed by atoms with Crippen LogP contribution in [0.1, 0.15) is 26.3 Å². The van der Waals surface area contributed by atoms with E-state index in [0.717, 1.165) is 11.3 Å². The first-order valence-electron chi connectivity index (χ1n) is 10.4. The van der Waals surface area contributed by atoms with Gasteiger partial charge in [0.1, 0.15) is 11.3 Å². The van der Waals surface area contributed by atoms with Gasteiger partial charge in [-0.3, -0.25) is 14.9 Å². The predicted molar refractivity (Wildman–Crippen MR) is 130 cm³/mol. The summed E-state index contributed by atoms with van der Waals surface area (Å²) in [6, 6.07) is 1.83. The summed E-state index contributed by atoms with van der Waals surface area (Å²) in [5.41, 5.74) is 7.66. The largest absolute Gasteiger partial charge is 0.444 e. The fourth-order valence-corrected chi connectivity index (χ4v) is 3.69. The lowest BCUT2D eigenvalue weighted by molar-refractivity contribution is -0.112. The Morgan fingerprint density at radius 2 is 2.00 bits per heavy atom. The number of ether oxygens (including phenoxy) is 1. The highest BCUT2D eigenvalue weighted by atomic mass is 32.2. The molecule has 1 aliphatic heterocycles. The number of carbonyl (C=O) groups is 2. The quantitative estimate of drug-likeness (QED) is 0.548. The summed E-state index contributed by atoms with van der Waals surface area (Å²) in [4.78, 5) is 33.6. The highest BCUT2D eigenvalue weighted by molar-refractivity contribution is 8.10. The van der Waals surface area contributed by atoms with E-state index in [1.54, 1.807) is 35.1 Å². The molecular formula is C22H29N7O3S. The van der Waals surface area contributed by atoms with E-state index in [4.69, 9.17) is 10.5 Å². The van der Waals surface area contributed by atoms with Gasteiger partial charge in [-0.1, -0.05) is 18.3 Å². The van der Waals surface area contributed by atoms with E-state index in [9.17, 15) is 9.59 Å². The van der Waals surface area contributed by atoms with Crippen LogP contribution in [0.2, 0.25) is 0 Å². The number of aromatic amines is 1. The maximum absolute atomic E-state index is 12.6. The molecular weight excluding hydrogens is 442 g/mol. The van der Waals surface area contributed by atoms with Gasteiger partial charge in [-0.25, -0.2) is 4.79 Å². The van der Waals surface area contributed by atoms with Gasteiger partial charge in [0, 0.05) is 54.4 Å². The average Bonchev–Trinajstić information content (AvgIpc) is 3.31. The Morgan fingerprint density at radius 3 is 2.64 bits per heavy atom. The van der Waals surface area contributed by atoms with Crippen molar-refractivity contribution in [1.29, 1.82) is 0 Å². The van der Waals surface area contributed by atoms with E-state index in [-0.39, 0.29) is 11.8 Å². The molecule has 10 nitrogen and oxygen atoms in total. The van der Waals surface area contributed by atoms with Gasteiger partial charge in [-0.2, -0.15) is 5.10 Å². The number of nitrogens with one attached hydrogen (secondary N) is 2. The average molecular weight is 472 g/mol. The molecule has 1 fully saturated rings. The number of hydrogen-bond donors (Lipinski definition) is 3. The number of hydrogen-bond acceptors (Lipinski definition) is 8. The number of anilines is 2. The molecule has 0 saturated carbocycles. The van der Waals surface area contributed by atoms with E-state index in [1.165, 1.54) is 11.8 Å². The molecule has 176 valence electrons. The number of rotatable bonds is 6. The number of pyridine rings is 1. The number of carbonyl (C=O) groups excluding carboxylic acids is 2. The fourth-order valence-electron chi connectivity index (χ4n) is 3.07. The summed E-state index contributed by atoms with van der Waals surface area (Å²) in [5.74, 6) is -0.441. The second-order valence-corrected chi connectivity index (χ2v) is 9.37. The van der Waals surface area contributed by atoms with Gasteiger partial charge in [0.25, 0.3) is 5.91 Å². The molecule has 33 heavy (non-hydrogen) atoms. The Balaban J connectivity index is 1.60. The maximum Gasteiger partial charge on any atom is 0.410 e. The molecule has 11 heteroatoms. The molecule has 0 radical (unpaired) electrons. The Morgan fingerprint density at radius 1 is 1.27 bits per heavy atom. The first-order valence-corrected chi connectivity index (χ1v) is 11.3. The fraction of sp³-hybridized carbons (Fsp3) is 0.364. The van der Waals surface area contributed by atoms with Gasteiger partial charge in [-0.05, 0) is 26.8 Å². The number of thioether (sulfide) groups is 1. The minimum atomic E-state index is -0.534. The van der Waals surface area contributed by atoms with Crippen LogP contribution in [0.4, 0.5) is 16.2 Å². The van der Waals surface area contributed by atoms with Gasteiger partial charge in [0.2, 0.25) is 0 Å². The highest BCUT2D eigenvalue weighted by Gasteiger charge is 2.27. The molecule has 2 aromatic heterocycles. The van der Waals surface area contributed by atoms with Crippen LogP contribution in [0.25, 0.3) is 4.91 Å². The zero-order chi connectivity index (χ0) is 24.0. The van der Waals surface area contributed by atoms with Crippen molar-refractivity contribution in [3.8, 4) is 0 Å². The van der Waals surface area contributed by atoms with Crippen LogP contribution >= 0.6 is 11.8 Å². The van der Waals surface area contributed by atoms with Crippen LogP contribution in [0, 0.1) is 0 Å². The molecule has 2 amide bonds. The zero-order valence-electron chi connectivity index (χ0n) is 19.0. The molecule has 1 saturated heterocycles. The van der Waals surface area contributed by atoms with Gasteiger partial charge >= 0.3 is 6.09 Å². The number of amides is 2. The minimum absolute atomic E-state index is 0.0502. The summed E-state index contributed by atoms with van der Waals surface area (Å²) in [7, 11) is 0. The molecule has 0 aliphatic carbocycles. The Hall–Kier alpha value is -3.47. The van der Waals surface area contributed by atoms with Gasteiger partial charge in [-0.15, -0.1) is 0 Å². The number of nitrogens with zero attached hydrogens (tertiary/aromatic N) is 4. The number of nitrogens with two attached hydrogens (primary N) is 1. The first-order chi connectivity index (χ1) is 15.6. The zero-order valence-corrected chi connectivity index (χ0v) is 19.8. The third-order valence-electron chi connectivity index (χ3n) is 4.73. The molecule has 0 bridgehead atoms. The number of aromatic nitrogens is 3. The van der Waals surface area contributed by atoms with Crippen molar-refractivity contribution in [3.63, 3.8) is 0 Å². The Labute approximate surface area is 197 Å². The maximum atomic E-state index is 12.6. The lowest BCUT2D eigenvalue weighted by atomic mass is 10.2. The van der Waals surface area contributed by atoms with Gasteiger partial charge in [0.15, 0.2) is 0 Å². The Bertz CT molecular complexity index is 1020. The monoisotopic (exact) mass is 471 g/mol. The second-order valence-electron chi connectivity index (χ2n) is 8.40. The SMILES string of the molecule is C=C(S/C=C(\N)C(=O)Nc1cnccc1N1CCN(C(=O)OC(C)(C)C)CC1)c1cn[nH]c1. The van der Waals surface area contributed by atoms with E-state index < -0.39 is 11.5 Å². The predicted octanol–water partition coefficient (Wildman–Crippen LogP) is 3.00. The van der Waals surface area contributed by atoms with Crippen molar-refractivity contribution < 1.29 is 14.3 Å². The molecule has 0 spiro atoms. The van der Waals surface area contributed by atoms with Crippen molar-refractivity contribution in [2.24, 2.45) is 5.73 Å². The molecule has 0 unspecified atom stereocenters.